The fourth-order valence-corrected chi connectivity index (χ4v) is 6.16. The van der Waals surface area contributed by atoms with Gasteiger partial charge in [0.05, 0.1) is 0 Å². The van der Waals surface area contributed by atoms with Gasteiger partial charge < -0.3 is 10.8 Å². The summed E-state index contributed by atoms with van der Waals surface area (Å²) in [6.45, 7) is 4.68. The summed E-state index contributed by atoms with van der Waals surface area (Å²) in [6, 6.07) is 0. The summed E-state index contributed by atoms with van der Waals surface area (Å²) in [5.74, 6) is 2.04. The third-order valence-corrected chi connectivity index (χ3v) is 7.72. The molecular weight excluding hydrogens is 258 g/mol. The molecule has 0 radical (unpaired) electrons. The Hall–Kier alpha value is -0.600. The molecule has 0 heterocycles. The molecular formula is C19H29NO. The van der Waals surface area contributed by atoms with Crippen LogP contribution in [0.2, 0.25) is 0 Å². The van der Waals surface area contributed by atoms with Crippen LogP contribution in [0.4, 0.5) is 0 Å². The lowest BCUT2D eigenvalue weighted by atomic mass is 9.50. The van der Waals surface area contributed by atoms with E-state index >= 15 is 0 Å². The Kier molecular flexibility index (Phi) is 2.83. The monoisotopic (exact) mass is 287 g/mol. The molecule has 0 aliphatic heterocycles. The zero-order valence-electron chi connectivity index (χ0n) is 13.4. The van der Waals surface area contributed by atoms with Gasteiger partial charge in [0.1, 0.15) is 5.72 Å². The van der Waals surface area contributed by atoms with Gasteiger partial charge in [0.15, 0.2) is 0 Å². The van der Waals surface area contributed by atoms with Gasteiger partial charge in [-0.15, -0.1) is 0 Å². The van der Waals surface area contributed by atoms with Crippen LogP contribution >= 0.6 is 0 Å². The number of allylic oxidation sites excluding steroid dienone is 4. The van der Waals surface area contributed by atoms with Gasteiger partial charge in [0.25, 0.3) is 0 Å². The Morgan fingerprint density at radius 1 is 1.19 bits per heavy atom. The second-order valence-electron chi connectivity index (χ2n) is 8.49. The van der Waals surface area contributed by atoms with E-state index in [9.17, 15) is 5.11 Å². The number of aliphatic hydroxyl groups is 1. The van der Waals surface area contributed by atoms with Crippen LogP contribution in [0, 0.1) is 28.6 Å². The Labute approximate surface area is 128 Å². The molecule has 0 amide bonds. The maximum Gasteiger partial charge on any atom is 0.119 e. The molecule has 0 aromatic carbocycles. The molecule has 4 aliphatic rings. The van der Waals surface area contributed by atoms with E-state index in [4.69, 9.17) is 5.73 Å². The minimum absolute atomic E-state index is 0.122. The van der Waals surface area contributed by atoms with Crippen molar-refractivity contribution in [2.45, 2.75) is 64.5 Å². The van der Waals surface area contributed by atoms with Crippen molar-refractivity contribution in [3.63, 3.8) is 0 Å². The molecule has 0 aromatic rings. The van der Waals surface area contributed by atoms with Crippen molar-refractivity contribution < 1.29 is 5.11 Å². The van der Waals surface area contributed by atoms with Crippen molar-refractivity contribution in [1.82, 2.24) is 0 Å². The predicted molar refractivity (Wildman–Crippen MR) is 85.4 cm³/mol. The van der Waals surface area contributed by atoms with E-state index in [2.05, 4.69) is 32.1 Å². The molecule has 0 aromatic heterocycles. The molecule has 2 fully saturated rings. The highest BCUT2D eigenvalue weighted by Crippen LogP contribution is 2.64. The van der Waals surface area contributed by atoms with Crippen LogP contribution < -0.4 is 5.73 Å². The first-order chi connectivity index (χ1) is 9.88. The lowest BCUT2D eigenvalue weighted by Crippen LogP contribution is -2.55. The predicted octanol–water partition coefficient (Wildman–Crippen LogP) is 3.76. The van der Waals surface area contributed by atoms with E-state index in [0.29, 0.717) is 11.8 Å². The van der Waals surface area contributed by atoms with Gasteiger partial charge in [-0.2, -0.15) is 0 Å². The van der Waals surface area contributed by atoms with Gasteiger partial charge in [-0.1, -0.05) is 37.6 Å². The first kappa shape index (κ1) is 14.0. The zero-order chi connectivity index (χ0) is 14.9. The average molecular weight is 287 g/mol. The molecule has 6 atom stereocenters. The van der Waals surface area contributed by atoms with Gasteiger partial charge in [0.2, 0.25) is 0 Å². The van der Waals surface area contributed by atoms with Crippen LogP contribution in [-0.2, 0) is 0 Å². The van der Waals surface area contributed by atoms with Gasteiger partial charge in [0, 0.05) is 10.8 Å². The summed E-state index contributed by atoms with van der Waals surface area (Å²) in [7, 11) is 0. The van der Waals surface area contributed by atoms with Crippen molar-refractivity contribution in [3.8, 4) is 0 Å². The van der Waals surface area contributed by atoms with Crippen LogP contribution in [-0.4, -0.2) is 10.8 Å². The van der Waals surface area contributed by atoms with Crippen molar-refractivity contribution >= 4 is 0 Å². The first-order valence-electron chi connectivity index (χ1n) is 8.78. The molecule has 4 rings (SSSR count). The number of nitrogens with two attached hydrogens (primary N) is 1. The van der Waals surface area contributed by atoms with E-state index in [1.54, 1.807) is 5.57 Å². The topological polar surface area (TPSA) is 46.2 Å². The van der Waals surface area contributed by atoms with Crippen molar-refractivity contribution in [2.24, 2.45) is 34.3 Å². The third-order valence-electron chi connectivity index (χ3n) is 7.72. The molecule has 4 aliphatic carbocycles. The molecule has 116 valence electrons. The highest BCUT2D eigenvalue weighted by molar-refractivity contribution is 5.34. The van der Waals surface area contributed by atoms with Crippen molar-refractivity contribution in [1.29, 1.82) is 0 Å². The minimum Gasteiger partial charge on any atom is -0.376 e. The van der Waals surface area contributed by atoms with Crippen molar-refractivity contribution in [3.05, 3.63) is 23.8 Å². The summed E-state index contributed by atoms with van der Waals surface area (Å²) < 4.78 is 0. The Balaban J connectivity index is 1.77. The van der Waals surface area contributed by atoms with Crippen LogP contribution in [0.15, 0.2) is 23.8 Å². The fourth-order valence-electron chi connectivity index (χ4n) is 6.16. The molecule has 2 unspecified atom stereocenters. The maximum absolute atomic E-state index is 10.7. The summed E-state index contributed by atoms with van der Waals surface area (Å²) in [5.41, 5.74) is 7.12. The second-order valence-corrected chi connectivity index (χ2v) is 8.49. The molecule has 3 N–H and O–H groups in total. The van der Waals surface area contributed by atoms with Crippen LogP contribution in [0.5, 0.6) is 0 Å². The quantitative estimate of drug-likeness (QED) is 0.526. The molecule has 2 saturated carbocycles. The number of fused-ring (bicyclic) bond motifs is 5. The minimum atomic E-state index is -0.972. The number of rotatable bonds is 0. The summed E-state index contributed by atoms with van der Waals surface area (Å²) >= 11 is 0. The third kappa shape index (κ3) is 1.66. The average Bonchev–Trinajstić information content (AvgIpc) is 2.69. The van der Waals surface area contributed by atoms with E-state index in [1.165, 1.54) is 25.7 Å². The standard InChI is InChI=1S/C19H29NO/c1-17-10-4-3-5-13(17)6-7-14-15(17)8-11-18(2)16(14)9-12-19(18,20)21/h4,8,10,13-14,16,21H,3,5-7,9,11-12,20H2,1-2H3/t13?,14-,16+,17+,18+,19?/m1/s1. The summed E-state index contributed by atoms with van der Waals surface area (Å²) in [5, 5.41) is 10.7. The fraction of sp³-hybridized carbons (Fsp3) is 0.789. The molecule has 2 heteroatoms. The lowest BCUT2D eigenvalue weighted by molar-refractivity contribution is -0.0789. The van der Waals surface area contributed by atoms with Crippen LogP contribution in [0.25, 0.3) is 0 Å². The van der Waals surface area contributed by atoms with Crippen LogP contribution in [0.3, 0.4) is 0 Å². The Bertz CT molecular complexity index is 520. The van der Waals surface area contributed by atoms with Crippen LogP contribution in [0.1, 0.15) is 58.8 Å². The van der Waals surface area contributed by atoms with E-state index < -0.39 is 5.72 Å². The first-order valence-corrected chi connectivity index (χ1v) is 8.78. The molecule has 0 saturated heterocycles. The summed E-state index contributed by atoms with van der Waals surface area (Å²) in [6.07, 6.45) is 15.4. The Morgan fingerprint density at radius 3 is 2.81 bits per heavy atom. The van der Waals surface area contributed by atoms with Gasteiger partial charge in [-0.05, 0) is 62.7 Å². The highest BCUT2D eigenvalue weighted by atomic mass is 16.3. The van der Waals surface area contributed by atoms with E-state index in [-0.39, 0.29) is 10.8 Å². The van der Waals surface area contributed by atoms with E-state index in [1.807, 2.05) is 0 Å². The number of hydrogen-bond acceptors (Lipinski definition) is 2. The van der Waals surface area contributed by atoms with Gasteiger partial charge in [-0.25, -0.2) is 0 Å². The maximum atomic E-state index is 10.7. The lowest BCUT2D eigenvalue weighted by Gasteiger charge is -2.55. The molecule has 21 heavy (non-hydrogen) atoms. The van der Waals surface area contributed by atoms with Gasteiger partial charge in [-0.3, -0.25) is 0 Å². The second kappa shape index (κ2) is 4.23. The smallest absolute Gasteiger partial charge is 0.119 e. The molecule has 2 nitrogen and oxygen atoms in total. The SMILES string of the molecule is C[C@]12CC=C3[C@@H](CCC4CCC=C[C@]34C)[C@@H]1CCC2(N)O. The Morgan fingerprint density at radius 2 is 2.00 bits per heavy atom. The zero-order valence-corrected chi connectivity index (χ0v) is 13.4. The molecule has 0 bridgehead atoms. The van der Waals surface area contributed by atoms with E-state index in [0.717, 1.165) is 25.2 Å². The summed E-state index contributed by atoms with van der Waals surface area (Å²) in [4.78, 5) is 0. The van der Waals surface area contributed by atoms with Gasteiger partial charge >= 0.3 is 0 Å². The normalized spacial score (nSPS) is 55.4. The molecule has 0 spiro atoms. The largest absolute Gasteiger partial charge is 0.376 e. The number of hydrogen-bond donors (Lipinski definition) is 2. The van der Waals surface area contributed by atoms with Crippen molar-refractivity contribution in [2.75, 3.05) is 0 Å². The highest BCUT2D eigenvalue weighted by Gasteiger charge is 2.60.